The molecule has 0 saturated heterocycles. The highest BCUT2D eigenvalue weighted by Gasteiger charge is 2.39. The van der Waals surface area contributed by atoms with Crippen LogP contribution in [0.15, 0.2) is 54.9 Å². The van der Waals surface area contributed by atoms with Gasteiger partial charge in [-0.25, -0.2) is 13.9 Å². The summed E-state index contributed by atoms with van der Waals surface area (Å²) in [6.07, 6.45) is 7.73. The number of sulfonamides is 1. The van der Waals surface area contributed by atoms with Crippen LogP contribution in [0, 0.1) is 29.1 Å². The van der Waals surface area contributed by atoms with Crippen molar-refractivity contribution in [1.29, 1.82) is 0 Å². The Balaban J connectivity index is 2.23. The van der Waals surface area contributed by atoms with Gasteiger partial charge in [-0.15, -0.1) is 4.41 Å². The molecule has 0 aliphatic carbocycles. The average molecular weight is 603 g/mol. The first kappa shape index (κ1) is 35.4. The summed E-state index contributed by atoms with van der Waals surface area (Å²) in [7, 11) is -3.65. The van der Waals surface area contributed by atoms with Crippen molar-refractivity contribution in [1.82, 2.24) is 20.3 Å². The summed E-state index contributed by atoms with van der Waals surface area (Å²) in [6, 6.07) is 13.5. The third-order valence-corrected chi connectivity index (χ3v) is 8.30. The highest BCUT2D eigenvalue weighted by Crippen LogP contribution is 2.39. The number of hydrogen-bond donors (Lipinski definition) is 2. The van der Waals surface area contributed by atoms with Gasteiger partial charge in [-0.3, -0.25) is 24.8 Å². The minimum atomic E-state index is -3.65. The quantitative estimate of drug-likeness (QED) is 0.224. The molecule has 0 unspecified atom stereocenters. The summed E-state index contributed by atoms with van der Waals surface area (Å²) in [5, 5.41) is 0. The molecule has 10 heteroatoms. The predicted octanol–water partition coefficient (Wildman–Crippen LogP) is 5.30. The molecular weight excluding hydrogens is 552 g/mol. The van der Waals surface area contributed by atoms with Crippen molar-refractivity contribution in [2.75, 3.05) is 12.8 Å². The van der Waals surface area contributed by atoms with Crippen molar-refractivity contribution >= 4 is 21.8 Å². The van der Waals surface area contributed by atoms with E-state index in [0.29, 0.717) is 19.3 Å². The van der Waals surface area contributed by atoms with Gasteiger partial charge in [-0.1, -0.05) is 77.9 Å². The van der Waals surface area contributed by atoms with Crippen LogP contribution in [0.5, 0.6) is 0 Å². The van der Waals surface area contributed by atoms with Crippen LogP contribution >= 0.6 is 0 Å². The Morgan fingerprint density at radius 2 is 1.64 bits per heavy atom. The Kier molecular flexibility index (Phi) is 14.1. The second-order valence-corrected chi connectivity index (χ2v) is 14.6. The van der Waals surface area contributed by atoms with Gasteiger partial charge in [-0.2, -0.15) is 0 Å². The topological polar surface area (TPSA) is 118 Å². The number of rotatable bonds is 18. The normalized spacial score (nSPS) is 13.8. The van der Waals surface area contributed by atoms with Gasteiger partial charge in [0.1, 0.15) is 0 Å². The maximum atomic E-state index is 13.6. The van der Waals surface area contributed by atoms with Crippen LogP contribution in [-0.4, -0.2) is 42.4 Å². The van der Waals surface area contributed by atoms with Crippen LogP contribution in [0.1, 0.15) is 78.4 Å². The van der Waals surface area contributed by atoms with Crippen molar-refractivity contribution in [3.8, 4) is 0 Å². The van der Waals surface area contributed by atoms with Gasteiger partial charge in [0.2, 0.25) is 21.8 Å². The van der Waals surface area contributed by atoms with Crippen molar-refractivity contribution in [2.45, 2.75) is 80.3 Å². The lowest BCUT2D eigenvalue weighted by atomic mass is 9.69. The molecule has 42 heavy (non-hydrogen) atoms. The number of benzene rings is 1. The fourth-order valence-corrected chi connectivity index (χ4v) is 6.03. The van der Waals surface area contributed by atoms with Crippen LogP contribution in [0.2, 0.25) is 0 Å². The summed E-state index contributed by atoms with van der Waals surface area (Å²) < 4.78 is 25.9. The number of carbonyl (C=O) groups is 2. The molecule has 1 aromatic heterocycles. The molecule has 0 aliphatic rings. The third-order valence-electron chi connectivity index (χ3n) is 7.26. The van der Waals surface area contributed by atoms with Crippen molar-refractivity contribution < 1.29 is 22.8 Å². The monoisotopic (exact) mass is 602 g/mol. The van der Waals surface area contributed by atoms with Gasteiger partial charge in [0.25, 0.3) is 0 Å². The maximum absolute atomic E-state index is 13.6. The Morgan fingerprint density at radius 1 is 0.976 bits per heavy atom. The van der Waals surface area contributed by atoms with Gasteiger partial charge >= 0.3 is 0 Å². The van der Waals surface area contributed by atoms with Crippen LogP contribution in [0.4, 0.5) is 0 Å². The summed E-state index contributed by atoms with van der Waals surface area (Å²) in [6.45, 7) is 12.3. The summed E-state index contributed by atoms with van der Waals surface area (Å²) in [5.74, 6) is -1.30. The average Bonchev–Trinajstić information content (AvgIpc) is 2.90. The molecule has 2 rings (SSSR count). The number of nitrogens with zero attached hydrogens (tertiary/aromatic N) is 2. The Hall–Kier alpha value is -2.82. The van der Waals surface area contributed by atoms with E-state index >= 15 is 0 Å². The van der Waals surface area contributed by atoms with Crippen LogP contribution in [0.25, 0.3) is 0 Å². The van der Waals surface area contributed by atoms with E-state index in [4.69, 9.17) is 4.84 Å². The van der Waals surface area contributed by atoms with Gasteiger partial charge in [0.05, 0.1) is 12.9 Å². The molecule has 2 N–H and O–H groups in total. The zero-order chi connectivity index (χ0) is 31.3. The zero-order valence-corrected chi connectivity index (χ0v) is 27.1. The van der Waals surface area contributed by atoms with E-state index < -0.39 is 27.3 Å². The fraction of sp³-hybridized carbons (Fsp3) is 0.594. The molecule has 0 aliphatic heterocycles. The first-order valence-corrected chi connectivity index (χ1v) is 16.7. The third kappa shape index (κ3) is 12.6. The first-order valence-electron chi connectivity index (χ1n) is 14.8. The fourth-order valence-electron chi connectivity index (χ4n) is 5.21. The molecule has 2 atom stereocenters. The lowest BCUT2D eigenvalue weighted by Gasteiger charge is -2.37. The Bertz CT molecular complexity index is 1200. The van der Waals surface area contributed by atoms with E-state index in [0.717, 1.165) is 34.6 Å². The molecule has 2 amide bonds. The number of aromatic nitrogens is 1. The first-order chi connectivity index (χ1) is 19.7. The van der Waals surface area contributed by atoms with Crippen LogP contribution in [-0.2, 0) is 37.5 Å². The number of carbonyl (C=O) groups excluding carboxylic acids is 2. The summed E-state index contributed by atoms with van der Waals surface area (Å²) in [4.78, 5) is 37.0. The van der Waals surface area contributed by atoms with Crippen molar-refractivity contribution in [3.63, 3.8) is 0 Å². The smallest absolute Gasteiger partial charge is 0.247 e. The number of pyridine rings is 1. The molecule has 9 nitrogen and oxygen atoms in total. The molecule has 0 radical (unpaired) electrons. The summed E-state index contributed by atoms with van der Waals surface area (Å²) >= 11 is 0. The molecule has 0 fully saturated rings. The second-order valence-electron chi connectivity index (χ2n) is 12.7. The molecular formula is C32H50N4O5S. The Labute approximate surface area is 252 Å². The van der Waals surface area contributed by atoms with Gasteiger partial charge in [0.15, 0.2) is 0 Å². The van der Waals surface area contributed by atoms with Gasteiger partial charge in [0, 0.05) is 30.8 Å². The zero-order valence-electron chi connectivity index (χ0n) is 26.3. The number of hydroxylamine groups is 1. The summed E-state index contributed by atoms with van der Waals surface area (Å²) in [5.41, 5.74) is 6.78. The number of hydrogen-bond acceptors (Lipinski definition) is 6. The highest BCUT2D eigenvalue weighted by molar-refractivity contribution is 7.88. The largest absolute Gasteiger partial charge is 0.275 e. The number of hydrazine groups is 1. The van der Waals surface area contributed by atoms with Gasteiger partial charge in [-0.05, 0) is 66.5 Å². The van der Waals surface area contributed by atoms with E-state index in [9.17, 15) is 18.0 Å². The lowest BCUT2D eigenvalue weighted by molar-refractivity contribution is -0.144. The number of amides is 2. The highest BCUT2D eigenvalue weighted by atomic mass is 32.2. The molecule has 0 spiro atoms. The number of aryl methyl sites for hydroxylation is 1. The minimum Gasteiger partial charge on any atom is -0.275 e. The molecule has 0 saturated carbocycles. The van der Waals surface area contributed by atoms with Crippen LogP contribution in [0.3, 0.4) is 0 Å². The van der Waals surface area contributed by atoms with E-state index in [2.05, 4.69) is 15.9 Å². The minimum absolute atomic E-state index is 0.0313. The lowest BCUT2D eigenvalue weighted by Crippen LogP contribution is -2.50. The van der Waals surface area contributed by atoms with E-state index in [-0.39, 0.29) is 36.8 Å². The molecule has 1 aromatic carbocycles. The van der Waals surface area contributed by atoms with E-state index in [1.807, 2.05) is 90.2 Å². The molecule has 0 bridgehead atoms. The maximum Gasteiger partial charge on any atom is 0.247 e. The number of nitrogens with one attached hydrogen (secondary N) is 2. The second kappa shape index (κ2) is 16.7. The van der Waals surface area contributed by atoms with Crippen LogP contribution < -0.4 is 10.9 Å². The standard InChI is InChI=1S/C32H50N4O5S/c1-24(2)19-28(30(37)34-36(22-25(3)4)42(7,39)40)20-32(5,6)29(17-11-15-26-16-12-18-33-21-26)31(38)35-41-23-27-13-9-8-10-14-27/h8-10,12-14,16,18,21,24-25,28-29H,11,15,17,19-20,22-23H2,1-7H3,(H,34,37)(H,35,38)/t28-,29-/m1/s1. The molecule has 1 heterocycles. The van der Waals surface area contributed by atoms with E-state index in [1.54, 1.807) is 6.20 Å². The Morgan fingerprint density at radius 3 is 2.21 bits per heavy atom. The predicted molar refractivity (Wildman–Crippen MR) is 166 cm³/mol. The van der Waals surface area contributed by atoms with Crippen molar-refractivity contribution in [2.24, 2.45) is 29.1 Å². The van der Waals surface area contributed by atoms with E-state index in [1.165, 1.54) is 0 Å². The molecule has 2 aromatic rings. The SMILES string of the molecule is CC(C)C[C@H](CC(C)(C)[C@H](CCCc1cccnc1)C(=O)NOCc1ccccc1)C(=O)NN(CC(C)C)S(C)(=O)=O. The van der Waals surface area contributed by atoms with Gasteiger partial charge < -0.3 is 0 Å². The van der Waals surface area contributed by atoms with Crippen molar-refractivity contribution in [3.05, 3.63) is 66.0 Å². The molecule has 234 valence electrons.